The maximum absolute atomic E-state index is 12.8. The number of rotatable bonds is 6. The molecular formula is C14H29N3O2. The predicted octanol–water partition coefficient (Wildman–Crippen LogP) is 0.554. The summed E-state index contributed by atoms with van der Waals surface area (Å²) in [7, 11) is 1.67. The molecule has 0 unspecified atom stereocenters. The smallest absolute Gasteiger partial charge is 0.242 e. The maximum atomic E-state index is 12.8. The van der Waals surface area contributed by atoms with E-state index in [9.17, 15) is 4.79 Å². The first-order valence-electron chi connectivity index (χ1n) is 7.17. The Morgan fingerprint density at radius 1 is 1.37 bits per heavy atom. The van der Waals surface area contributed by atoms with Crippen LogP contribution in [0, 0.1) is 0 Å². The number of ether oxygens (including phenoxy) is 1. The molecule has 1 aliphatic heterocycles. The molecule has 112 valence electrons. The SMILES string of the molecule is COCCN(C(=O)C(C)(C)N1CCNCC1)C(C)C. The maximum Gasteiger partial charge on any atom is 0.242 e. The van der Waals surface area contributed by atoms with Crippen molar-refractivity contribution in [2.75, 3.05) is 46.4 Å². The fraction of sp³-hybridized carbons (Fsp3) is 0.929. The molecule has 1 aliphatic rings. The third kappa shape index (κ3) is 4.16. The van der Waals surface area contributed by atoms with Gasteiger partial charge in [-0.05, 0) is 27.7 Å². The van der Waals surface area contributed by atoms with Crippen LogP contribution < -0.4 is 5.32 Å². The highest BCUT2D eigenvalue weighted by Gasteiger charge is 2.38. The number of nitrogens with zero attached hydrogens (tertiary/aromatic N) is 2. The van der Waals surface area contributed by atoms with Crippen molar-refractivity contribution in [1.29, 1.82) is 0 Å². The topological polar surface area (TPSA) is 44.8 Å². The zero-order valence-corrected chi connectivity index (χ0v) is 13.0. The molecule has 0 aromatic heterocycles. The first kappa shape index (κ1) is 16.4. The number of piperazine rings is 1. The fourth-order valence-corrected chi connectivity index (χ4v) is 2.49. The Kier molecular flexibility index (Phi) is 6.23. The van der Waals surface area contributed by atoms with E-state index in [1.165, 1.54) is 0 Å². The summed E-state index contributed by atoms with van der Waals surface area (Å²) in [6, 6.07) is 0.199. The van der Waals surface area contributed by atoms with E-state index in [0.29, 0.717) is 13.2 Å². The Labute approximate surface area is 117 Å². The molecule has 0 spiro atoms. The zero-order chi connectivity index (χ0) is 14.5. The highest BCUT2D eigenvalue weighted by molar-refractivity contribution is 5.85. The van der Waals surface area contributed by atoms with E-state index in [4.69, 9.17) is 4.74 Å². The molecule has 1 fully saturated rings. The second kappa shape index (κ2) is 7.22. The standard InChI is InChI=1S/C14H29N3O2/c1-12(2)17(10-11-19-5)13(18)14(3,4)16-8-6-15-7-9-16/h12,15H,6-11H2,1-5H3. The van der Waals surface area contributed by atoms with Crippen LogP contribution in [-0.2, 0) is 9.53 Å². The number of hydrogen-bond donors (Lipinski definition) is 1. The van der Waals surface area contributed by atoms with E-state index < -0.39 is 5.54 Å². The molecule has 0 atom stereocenters. The summed E-state index contributed by atoms with van der Waals surface area (Å²) >= 11 is 0. The molecule has 5 nitrogen and oxygen atoms in total. The molecular weight excluding hydrogens is 242 g/mol. The molecule has 0 saturated carbocycles. The van der Waals surface area contributed by atoms with Gasteiger partial charge < -0.3 is 15.0 Å². The Balaban J connectivity index is 2.74. The lowest BCUT2D eigenvalue weighted by Crippen LogP contribution is -2.61. The monoisotopic (exact) mass is 271 g/mol. The minimum Gasteiger partial charge on any atom is -0.383 e. The van der Waals surface area contributed by atoms with E-state index in [1.54, 1.807) is 7.11 Å². The van der Waals surface area contributed by atoms with Gasteiger partial charge in [0, 0.05) is 45.9 Å². The van der Waals surface area contributed by atoms with Gasteiger partial charge in [-0.25, -0.2) is 0 Å². The van der Waals surface area contributed by atoms with Crippen molar-refractivity contribution in [3.63, 3.8) is 0 Å². The van der Waals surface area contributed by atoms with Crippen LogP contribution in [0.2, 0.25) is 0 Å². The predicted molar refractivity (Wildman–Crippen MR) is 77.2 cm³/mol. The van der Waals surface area contributed by atoms with Crippen LogP contribution in [0.4, 0.5) is 0 Å². The Morgan fingerprint density at radius 2 is 1.95 bits per heavy atom. The highest BCUT2D eigenvalue weighted by Crippen LogP contribution is 2.19. The average molecular weight is 271 g/mol. The van der Waals surface area contributed by atoms with Crippen LogP contribution in [0.15, 0.2) is 0 Å². The normalized spacial score (nSPS) is 17.8. The molecule has 0 aliphatic carbocycles. The number of hydrogen-bond acceptors (Lipinski definition) is 4. The van der Waals surface area contributed by atoms with Gasteiger partial charge in [-0.15, -0.1) is 0 Å². The van der Waals surface area contributed by atoms with Gasteiger partial charge >= 0.3 is 0 Å². The lowest BCUT2D eigenvalue weighted by Gasteiger charge is -2.43. The van der Waals surface area contributed by atoms with Crippen LogP contribution in [0.1, 0.15) is 27.7 Å². The third-order valence-corrected chi connectivity index (χ3v) is 3.85. The summed E-state index contributed by atoms with van der Waals surface area (Å²) in [5, 5.41) is 3.33. The molecule has 1 heterocycles. The van der Waals surface area contributed by atoms with Crippen molar-refractivity contribution >= 4 is 5.91 Å². The Bertz CT molecular complexity index is 286. The number of amides is 1. The number of nitrogens with one attached hydrogen (secondary N) is 1. The average Bonchev–Trinajstić information content (AvgIpc) is 2.39. The number of methoxy groups -OCH3 is 1. The van der Waals surface area contributed by atoms with Crippen molar-refractivity contribution in [3.05, 3.63) is 0 Å². The van der Waals surface area contributed by atoms with Crippen LogP contribution >= 0.6 is 0 Å². The van der Waals surface area contributed by atoms with Crippen LogP contribution in [0.25, 0.3) is 0 Å². The Hall–Kier alpha value is -0.650. The van der Waals surface area contributed by atoms with Gasteiger partial charge in [0.25, 0.3) is 0 Å². The van der Waals surface area contributed by atoms with Crippen molar-refractivity contribution in [3.8, 4) is 0 Å². The molecule has 19 heavy (non-hydrogen) atoms. The molecule has 1 N–H and O–H groups in total. The number of carbonyl (C=O) groups is 1. The molecule has 0 radical (unpaired) electrons. The van der Waals surface area contributed by atoms with Crippen LogP contribution in [-0.4, -0.2) is 73.7 Å². The summed E-state index contributed by atoms with van der Waals surface area (Å²) in [5.41, 5.74) is -0.444. The zero-order valence-electron chi connectivity index (χ0n) is 13.0. The molecule has 1 amide bonds. The third-order valence-electron chi connectivity index (χ3n) is 3.85. The minimum absolute atomic E-state index is 0.196. The summed E-state index contributed by atoms with van der Waals surface area (Å²) in [6.45, 7) is 13.2. The van der Waals surface area contributed by atoms with E-state index in [1.807, 2.05) is 18.7 Å². The van der Waals surface area contributed by atoms with Gasteiger partial charge in [0.05, 0.1) is 12.1 Å². The molecule has 0 bridgehead atoms. The molecule has 0 aromatic rings. The summed E-state index contributed by atoms with van der Waals surface area (Å²) in [6.07, 6.45) is 0. The van der Waals surface area contributed by atoms with Gasteiger partial charge in [0.2, 0.25) is 5.91 Å². The van der Waals surface area contributed by atoms with E-state index in [0.717, 1.165) is 26.2 Å². The van der Waals surface area contributed by atoms with Crippen molar-refractivity contribution in [2.45, 2.75) is 39.3 Å². The number of carbonyl (C=O) groups excluding carboxylic acids is 1. The summed E-state index contributed by atoms with van der Waals surface area (Å²) in [5.74, 6) is 0.196. The molecule has 1 rings (SSSR count). The lowest BCUT2D eigenvalue weighted by molar-refractivity contribution is -0.145. The van der Waals surface area contributed by atoms with Gasteiger partial charge in [-0.3, -0.25) is 9.69 Å². The van der Waals surface area contributed by atoms with Crippen molar-refractivity contribution in [1.82, 2.24) is 15.1 Å². The quantitative estimate of drug-likeness (QED) is 0.766. The second-order valence-corrected chi connectivity index (χ2v) is 5.88. The fourth-order valence-electron chi connectivity index (χ4n) is 2.49. The minimum atomic E-state index is -0.444. The van der Waals surface area contributed by atoms with E-state index in [-0.39, 0.29) is 11.9 Å². The van der Waals surface area contributed by atoms with Crippen molar-refractivity contribution < 1.29 is 9.53 Å². The van der Waals surface area contributed by atoms with E-state index >= 15 is 0 Å². The van der Waals surface area contributed by atoms with Crippen molar-refractivity contribution in [2.24, 2.45) is 0 Å². The summed E-state index contributed by atoms with van der Waals surface area (Å²) in [4.78, 5) is 17.0. The molecule has 0 aromatic carbocycles. The lowest BCUT2D eigenvalue weighted by atomic mass is 9.98. The first-order chi connectivity index (χ1) is 8.91. The van der Waals surface area contributed by atoms with Crippen LogP contribution in [0.5, 0.6) is 0 Å². The molecule has 1 saturated heterocycles. The largest absolute Gasteiger partial charge is 0.383 e. The second-order valence-electron chi connectivity index (χ2n) is 5.88. The van der Waals surface area contributed by atoms with Gasteiger partial charge in [0.15, 0.2) is 0 Å². The van der Waals surface area contributed by atoms with Gasteiger partial charge in [-0.1, -0.05) is 0 Å². The van der Waals surface area contributed by atoms with Gasteiger partial charge in [-0.2, -0.15) is 0 Å². The van der Waals surface area contributed by atoms with E-state index in [2.05, 4.69) is 24.1 Å². The van der Waals surface area contributed by atoms with Gasteiger partial charge in [0.1, 0.15) is 0 Å². The first-order valence-corrected chi connectivity index (χ1v) is 7.17. The highest BCUT2D eigenvalue weighted by atomic mass is 16.5. The Morgan fingerprint density at radius 3 is 2.42 bits per heavy atom. The van der Waals surface area contributed by atoms with Crippen LogP contribution in [0.3, 0.4) is 0 Å². The summed E-state index contributed by atoms with van der Waals surface area (Å²) < 4.78 is 5.11. The molecule has 5 heteroatoms.